The van der Waals surface area contributed by atoms with Gasteiger partial charge in [-0.05, 0) is 30.9 Å². The molecule has 1 aliphatic heterocycles. The van der Waals surface area contributed by atoms with E-state index in [1.165, 1.54) is 4.31 Å². The molecule has 1 aromatic carbocycles. The lowest BCUT2D eigenvalue weighted by molar-refractivity contribution is 0.289. The third-order valence-electron chi connectivity index (χ3n) is 3.78. The minimum Gasteiger partial charge on any atom is -0.276 e. The number of piperidine rings is 1. The van der Waals surface area contributed by atoms with E-state index in [4.69, 9.17) is 0 Å². The van der Waals surface area contributed by atoms with E-state index >= 15 is 0 Å². The Hall–Kier alpha value is -1.60. The summed E-state index contributed by atoms with van der Waals surface area (Å²) >= 11 is 0. The molecular formula is C13H18N4O2S. The Balaban J connectivity index is 1.83. The molecule has 0 saturated carbocycles. The van der Waals surface area contributed by atoms with Crippen LogP contribution in [0.4, 0.5) is 5.82 Å². The fourth-order valence-electron chi connectivity index (χ4n) is 2.45. The molecule has 1 saturated heterocycles. The van der Waals surface area contributed by atoms with Crippen molar-refractivity contribution in [3.05, 3.63) is 24.3 Å². The lowest BCUT2D eigenvalue weighted by Gasteiger charge is -2.29. The Morgan fingerprint density at radius 3 is 2.75 bits per heavy atom. The number of H-pyrrole nitrogens is 1. The SMILES string of the molecule is CC1CCN(S(=O)(=O)Nc2n[nH]c3ccccc23)CC1. The molecule has 1 aromatic heterocycles. The van der Waals surface area contributed by atoms with Gasteiger partial charge in [-0.25, -0.2) is 0 Å². The predicted octanol–water partition coefficient (Wildman–Crippen LogP) is 1.95. The van der Waals surface area contributed by atoms with Gasteiger partial charge < -0.3 is 0 Å². The summed E-state index contributed by atoms with van der Waals surface area (Å²) in [5.41, 5.74) is 0.817. The second kappa shape index (κ2) is 5.06. The quantitative estimate of drug-likeness (QED) is 0.908. The van der Waals surface area contributed by atoms with Crippen molar-refractivity contribution in [2.24, 2.45) is 5.92 Å². The van der Waals surface area contributed by atoms with Crippen LogP contribution >= 0.6 is 0 Å². The molecule has 20 heavy (non-hydrogen) atoms. The largest absolute Gasteiger partial charge is 0.302 e. The maximum atomic E-state index is 12.4. The molecule has 108 valence electrons. The molecule has 0 radical (unpaired) electrons. The highest BCUT2D eigenvalue weighted by atomic mass is 32.2. The highest BCUT2D eigenvalue weighted by Gasteiger charge is 2.27. The average Bonchev–Trinajstić information content (AvgIpc) is 2.82. The maximum Gasteiger partial charge on any atom is 0.302 e. The van der Waals surface area contributed by atoms with Crippen LogP contribution in [0.1, 0.15) is 19.8 Å². The molecule has 0 bridgehead atoms. The molecule has 7 heteroatoms. The lowest BCUT2D eigenvalue weighted by Crippen LogP contribution is -2.41. The lowest BCUT2D eigenvalue weighted by atomic mass is 10.0. The Kier molecular flexibility index (Phi) is 3.39. The first-order valence-corrected chi connectivity index (χ1v) is 8.21. The Bertz CT molecular complexity index is 702. The van der Waals surface area contributed by atoms with Crippen molar-refractivity contribution in [2.75, 3.05) is 17.8 Å². The third-order valence-corrected chi connectivity index (χ3v) is 5.27. The van der Waals surface area contributed by atoms with Crippen LogP contribution in [0.3, 0.4) is 0 Å². The Morgan fingerprint density at radius 1 is 1.30 bits per heavy atom. The Labute approximate surface area is 118 Å². The van der Waals surface area contributed by atoms with Crippen molar-refractivity contribution < 1.29 is 8.42 Å². The molecular weight excluding hydrogens is 276 g/mol. The van der Waals surface area contributed by atoms with Crippen molar-refractivity contribution in [2.45, 2.75) is 19.8 Å². The van der Waals surface area contributed by atoms with Gasteiger partial charge in [0, 0.05) is 18.5 Å². The molecule has 2 heterocycles. The normalized spacial score (nSPS) is 18.4. The maximum absolute atomic E-state index is 12.4. The highest BCUT2D eigenvalue weighted by Crippen LogP contribution is 2.23. The summed E-state index contributed by atoms with van der Waals surface area (Å²) in [6, 6.07) is 7.45. The Morgan fingerprint density at radius 2 is 2.00 bits per heavy atom. The number of fused-ring (bicyclic) bond motifs is 1. The number of nitrogens with one attached hydrogen (secondary N) is 2. The van der Waals surface area contributed by atoms with E-state index < -0.39 is 10.2 Å². The van der Waals surface area contributed by atoms with Gasteiger partial charge in [-0.3, -0.25) is 9.82 Å². The number of hydrogen-bond donors (Lipinski definition) is 2. The fraction of sp³-hybridized carbons (Fsp3) is 0.462. The summed E-state index contributed by atoms with van der Waals surface area (Å²) in [5.74, 6) is 0.951. The molecule has 0 unspecified atom stereocenters. The number of aromatic amines is 1. The molecule has 2 aromatic rings. The van der Waals surface area contributed by atoms with E-state index in [2.05, 4.69) is 21.8 Å². The number of benzene rings is 1. The molecule has 0 aliphatic carbocycles. The smallest absolute Gasteiger partial charge is 0.276 e. The third kappa shape index (κ3) is 2.51. The van der Waals surface area contributed by atoms with Crippen molar-refractivity contribution in [1.29, 1.82) is 0 Å². The first-order valence-electron chi connectivity index (χ1n) is 6.77. The van der Waals surface area contributed by atoms with Crippen LogP contribution in [-0.2, 0) is 10.2 Å². The van der Waals surface area contributed by atoms with Crippen LogP contribution in [-0.4, -0.2) is 36.0 Å². The minimum absolute atomic E-state index is 0.360. The standard InChI is InChI=1S/C13H18N4O2S/c1-10-6-8-17(9-7-10)20(18,19)16-13-11-4-2-3-5-12(11)14-15-13/h2-5,10H,6-9H2,1H3,(H2,14,15,16). The van der Waals surface area contributed by atoms with E-state index in [1.54, 1.807) is 0 Å². The fourth-order valence-corrected chi connectivity index (χ4v) is 3.67. The summed E-state index contributed by atoms with van der Waals surface area (Å²) in [4.78, 5) is 0. The first kappa shape index (κ1) is 13.4. The molecule has 0 spiro atoms. The van der Waals surface area contributed by atoms with Crippen molar-refractivity contribution in [1.82, 2.24) is 14.5 Å². The summed E-state index contributed by atoms with van der Waals surface area (Å²) in [5, 5.41) is 7.65. The van der Waals surface area contributed by atoms with Gasteiger partial charge in [0.15, 0.2) is 5.82 Å². The number of rotatable bonds is 3. The van der Waals surface area contributed by atoms with Crippen LogP contribution in [0.15, 0.2) is 24.3 Å². The molecule has 6 nitrogen and oxygen atoms in total. The van der Waals surface area contributed by atoms with Crippen LogP contribution in [0.25, 0.3) is 10.9 Å². The van der Waals surface area contributed by atoms with Crippen molar-refractivity contribution in [3.63, 3.8) is 0 Å². The number of para-hydroxylation sites is 1. The van der Waals surface area contributed by atoms with E-state index in [1.807, 2.05) is 24.3 Å². The van der Waals surface area contributed by atoms with Gasteiger partial charge in [0.25, 0.3) is 0 Å². The van der Waals surface area contributed by atoms with E-state index in [0.29, 0.717) is 24.8 Å². The zero-order valence-electron chi connectivity index (χ0n) is 11.3. The topological polar surface area (TPSA) is 78.1 Å². The molecule has 3 rings (SSSR count). The summed E-state index contributed by atoms with van der Waals surface area (Å²) in [6.45, 7) is 3.29. The van der Waals surface area contributed by atoms with Crippen molar-refractivity contribution >= 4 is 26.9 Å². The van der Waals surface area contributed by atoms with Crippen LogP contribution in [0.2, 0.25) is 0 Å². The molecule has 2 N–H and O–H groups in total. The summed E-state index contributed by atoms with van der Waals surface area (Å²) < 4.78 is 28.8. The predicted molar refractivity (Wildman–Crippen MR) is 78.6 cm³/mol. The highest BCUT2D eigenvalue weighted by molar-refractivity contribution is 7.90. The van der Waals surface area contributed by atoms with Gasteiger partial charge >= 0.3 is 10.2 Å². The number of aromatic nitrogens is 2. The van der Waals surface area contributed by atoms with Crippen molar-refractivity contribution in [3.8, 4) is 0 Å². The van der Waals surface area contributed by atoms with E-state index in [0.717, 1.165) is 23.7 Å². The van der Waals surface area contributed by atoms with Crippen LogP contribution in [0, 0.1) is 5.92 Å². The zero-order chi connectivity index (χ0) is 14.2. The molecule has 0 amide bonds. The van der Waals surface area contributed by atoms with Gasteiger partial charge in [0.1, 0.15) is 0 Å². The number of nitrogens with zero attached hydrogens (tertiary/aromatic N) is 2. The van der Waals surface area contributed by atoms with E-state index in [-0.39, 0.29) is 0 Å². The first-order chi connectivity index (χ1) is 9.56. The summed E-state index contributed by atoms with van der Waals surface area (Å²) in [6.07, 6.45) is 1.81. The van der Waals surface area contributed by atoms with Gasteiger partial charge in [-0.15, -0.1) is 0 Å². The minimum atomic E-state index is -3.52. The van der Waals surface area contributed by atoms with Crippen LogP contribution in [0.5, 0.6) is 0 Å². The van der Waals surface area contributed by atoms with E-state index in [9.17, 15) is 8.42 Å². The number of hydrogen-bond acceptors (Lipinski definition) is 3. The summed E-state index contributed by atoms with van der Waals surface area (Å²) in [7, 11) is -3.52. The second-order valence-electron chi connectivity index (χ2n) is 5.31. The average molecular weight is 294 g/mol. The second-order valence-corrected chi connectivity index (χ2v) is 6.98. The monoisotopic (exact) mass is 294 g/mol. The molecule has 0 atom stereocenters. The van der Waals surface area contributed by atoms with Gasteiger partial charge in [0.05, 0.1) is 5.52 Å². The molecule has 1 fully saturated rings. The van der Waals surface area contributed by atoms with Gasteiger partial charge in [-0.2, -0.15) is 17.8 Å². The molecule has 1 aliphatic rings. The van der Waals surface area contributed by atoms with Crippen LogP contribution < -0.4 is 4.72 Å². The van der Waals surface area contributed by atoms with Gasteiger partial charge in [-0.1, -0.05) is 19.1 Å². The zero-order valence-corrected chi connectivity index (χ0v) is 12.2. The van der Waals surface area contributed by atoms with Gasteiger partial charge in [0.2, 0.25) is 0 Å². The number of anilines is 1.